The van der Waals surface area contributed by atoms with Crippen molar-refractivity contribution in [2.24, 2.45) is 11.8 Å². The number of likely N-dealkylation sites (tertiary alicyclic amines) is 1. The number of fused-ring (bicyclic) bond motifs is 1. The molecule has 2 aromatic carbocycles. The number of ether oxygens (including phenoxy) is 1. The van der Waals surface area contributed by atoms with Crippen molar-refractivity contribution in [1.82, 2.24) is 39.4 Å². The largest absolute Gasteiger partial charge is 0.482 e. The molecule has 1 unspecified atom stereocenters. The molecule has 3 saturated heterocycles. The summed E-state index contributed by atoms with van der Waals surface area (Å²) in [4.78, 5) is 65.5. The van der Waals surface area contributed by atoms with Crippen LogP contribution in [0.1, 0.15) is 89.1 Å². The summed E-state index contributed by atoms with van der Waals surface area (Å²) in [6.45, 7) is 10.2. The van der Waals surface area contributed by atoms with E-state index in [1.807, 2.05) is 44.6 Å². The van der Waals surface area contributed by atoms with Crippen LogP contribution in [0, 0.1) is 24.6 Å². The van der Waals surface area contributed by atoms with Gasteiger partial charge >= 0.3 is 0 Å². The molecule has 4 amide bonds. The zero-order valence-corrected chi connectivity index (χ0v) is 35.0. The molecule has 0 saturated carbocycles. The highest BCUT2D eigenvalue weighted by molar-refractivity contribution is 6.23. The van der Waals surface area contributed by atoms with Crippen LogP contribution in [0.3, 0.4) is 0 Å². The predicted octanol–water partition coefficient (Wildman–Crippen LogP) is 5.39. The first-order chi connectivity index (χ1) is 30.0. The van der Waals surface area contributed by atoms with E-state index in [4.69, 9.17) is 15.6 Å². The van der Waals surface area contributed by atoms with Gasteiger partial charge in [0.2, 0.25) is 11.8 Å². The summed E-state index contributed by atoms with van der Waals surface area (Å²) in [7, 11) is 0. The third-order valence-electron chi connectivity index (χ3n) is 12.9. The second-order valence-electron chi connectivity index (χ2n) is 17.2. The Bertz CT molecular complexity index is 2520. The van der Waals surface area contributed by atoms with E-state index in [1.165, 1.54) is 12.1 Å². The van der Waals surface area contributed by atoms with E-state index < -0.39 is 29.9 Å². The number of nitrogen functional groups attached to an aromatic ring is 1. The Morgan fingerprint density at radius 1 is 0.887 bits per heavy atom. The molecule has 62 heavy (non-hydrogen) atoms. The monoisotopic (exact) mass is 842 g/mol. The van der Waals surface area contributed by atoms with Gasteiger partial charge in [-0.05, 0) is 113 Å². The first-order valence-electron chi connectivity index (χ1n) is 21.5. The van der Waals surface area contributed by atoms with Gasteiger partial charge in [-0.2, -0.15) is 5.10 Å². The first-order valence-corrected chi connectivity index (χ1v) is 21.5. The van der Waals surface area contributed by atoms with Gasteiger partial charge in [0.15, 0.2) is 11.6 Å². The Hall–Kier alpha value is -6.42. The van der Waals surface area contributed by atoms with E-state index in [0.717, 1.165) is 98.1 Å². The number of anilines is 2. The summed E-state index contributed by atoms with van der Waals surface area (Å²) in [6.07, 6.45) is 11.7. The Morgan fingerprint density at radius 3 is 2.42 bits per heavy atom. The minimum Gasteiger partial charge on any atom is -0.482 e. The first kappa shape index (κ1) is 41.0. The standard InChI is InChI=1S/C46H51FN10O5/c1-28-42(34-19-40(43(48)49-22-34)62-29(2)33-4-3-5-35(47)18-33)55(27-50-28)24-32-21-51-56(26-32)25-31-10-14-53(15-11-31)23-30-12-16-54(17-13-30)36-6-7-37-38(20-36)46(61)57(45(37)60)39-8-9-41(58)52-44(39)59/h3-7,18-22,26-27,29-31,39H,8-17,23-25H2,1-2H3,(H2,48,49)(H,52,58,59)/t29-,39?/m1/s1. The number of imidazole rings is 1. The average molecular weight is 843 g/mol. The number of nitrogens with one attached hydrogen (secondary N) is 1. The second-order valence-corrected chi connectivity index (χ2v) is 17.2. The number of halogens is 1. The molecule has 15 nitrogen and oxygen atoms in total. The molecule has 4 aliphatic heterocycles. The SMILES string of the molecule is Cc1ncn(Cc2cnn(CC3CCN(CC4CCN(c5ccc6c(c5)C(=O)N(C5CCC(=O)NC5=O)C6=O)CC4)CC3)c2)c1-c1cnc(N)c(O[C@H](C)c2cccc(F)c2)c1. The van der Waals surface area contributed by atoms with Crippen molar-refractivity contribution >= 4 is 35.1 Å². The number of benzene rings is 2. The maximum atomic E-state index is 13.9. The van der Waals surface area contributed by atoms with Crippen LogP contribution in [0.4, 0.5) is 15.9 Å². The molecule has 3 fully saturated rings. The molecule has 0 radical (unpaired) electrons. The van der Waals surface area contributed by atoms with Crippen molar-refractivity contribution in [3.05, 3.63) is 107 Å². The van der Waals surface area contributed by atoms with E-state index in [1.54, 1.807) is 24.4 Å². The molecule has 16 heteroatoms. The van der Waals surface area contributed by atoms with E-state index in [-0.39, 0.29) is 30.4 Å². The molecule has 0 bridgehead atoms. The maximum Gasteiger partial charge on any atom is 0.262 e. The third kappa shape index (κ3) is 8.43. The predicted molar refractivity (Wildman–Crippen MR) is 229 cm³/mol. The fourth-order valence-electron chi connectivity index (χ4n) is 9.47. The van der Waals surface area contributed by atoms with Crippen LogP contribution in [-0.4, -0.2) is 96.5 Å². The number of nitrogens with two attached hydrogens (primary N) is 1. The van der Waals surface area contributed by atoms with Gasteiger partial charge in [-0.1, -0.05) is 12.1 Å². The van der Waals surface area contributed by atoms with E-state index in [2.05, 4.69) is 40.5 Å². The molecule has 3 N–H and O–H groups in total. The smallest absolute Gasteiger partial charge is 0.262 e. The quantitative estimate of drug-likeness (QED) is 0.154. The average Bonchev–Trinajstić information content (AvgIpc) is 3.94. The van der Waals surface area contributed by atoms with Gasteiger partial charge in [0, 0.05) is 61.8 Å². The number of carbonyl (C=O) groups excluding carboxylic acids is 4. The Kier molecular flexibility index (Phi) is 11.3. The number of hydrogen-bond acceptors (Lipinski definition) is 11. The number of pyridine rings is 1. The molecule has 5 aromatic rings. The Balaban J connectivity index is 0.743. The van der Waals surface area contributed by atoms with E-state index in [9.17, 15) is 23.6 Å². The molecular formula is C46H51FN10O5. The third-order valence-corrected chi connectivity index (χ3v) is 12.9. The lowest BCUT2D eigenvalue weighted by atomic mass is 9.92. The van der Waals surface area contributed by atoms with Gasteiger partial charge in [0.05, 0.1) is 41.6 Å². The van der Waals surface area contributed by atoms with Gasteiger partial charge in [-0.15, -0.1) is 0 Å². The number of imide groups is 2. The summed E-state index contributed by atoms with van der Waals surface area (Å²) < 4.78 is 24.2. The topological polar surface area (TPSA) is 174 Å². The molecule has 9 rings (SSSR count). The lowest BCUT2D eigenvalue weighted by molar-refractivity contribution is -0.136. The molecule has 0 aliphatic carbocycles. The van der Waals surface area contributed by atoms with Crippen LogP contribution >= 0.6 is 0 Å². The Labute approximate surface area is 359 Å². The fourth-order valence-corrected chi connectivity index (χ4v) is 9.47. The van der Waals surface area contributed by atoms with Crippen LogP contribution in [0.15, 0.2) is 73.4 Å². The molecule has 2 atom stereocenters. The van der Waals surface area contributed by atoms with Crippen LogP contribution in [0.2, 0.25) is 0 Å². The van der Waals surface area contributed by atoms with Crippen molar-refractivity contribution in [3.63, 3.8) is 0 Å². The van der Waals surface area contributed by atoms with E-state index in [0.29, 0.717) is 40.8 Å². The summed E-state index contributed by atoms with van der Waals surface area (Å²) in [5, 5.41) is 6.99. The minimum atomic E-state index is -0.968. The summed E-state index contributed by atoms with van der Waals surface area (Å²) >= 11 is 0. The highest BCUT2D eigenvalue weighted by Crippen LogP contribution is 2.34. The molecule has 7 heterocycles. The summed E-state index contributed by atoms with van der Waals surface area (Å²) in [5.41, 5.74) is 12.1. The molecule has 322 valence electrons. The zero-order chi connectivity index (χ0) is 43.1. The molecular weight excluding hydrogens is 792 g/mol. The summed E-state index contributed by atoms with van der Waals surface area (Å²) in [6, 6.07) is 12.6. The van der Waals surface area contributed by atoms with Gasteiger partial charge < -0.3 is 24.8 Å². The van der Waals surface area contributed by atoms with Crippen LogP contribution in [-0.2, 0) is 22.7 Å². The molecule has 0 spiro atoms. The van der Waals surface area contributed by atoms with Crippen molar-refractivity contribution in [1.29, 1.82) is 0 Å². The van der Waals surface area contributed by atoms with Crippen LogP contribution in [0.5, 0.6) is 5.75 Å². The second kappa shape index (κ2) is 17.2. The van der Waals surface area contributed by atoms with Crippen molar-refractivity contribution < 1.29 is 28.3 Å². The number of piperidine rings is 3. The molecule has 3 aromatic heterocycles. The lowest BCUT2D eigenvalue weighted by Crippen LogP contribution is -2.54. The van der Waals surface area contributed by atoms with Crippen molar-refractivity contribution in [2.75, 3.05) is 43.4 Å². The number of aryl methyl sites for hydroxylation is 1. The fraction of sp³-hybridized carbons (Fsp3) is 0.413. The number of amides is 4. The van der Waals surface area contributed by atoms with Gasteiger partial charge in [-0.25, -0.2) is 14.4 Å². The lowest BCUT2D eigenvalue weighted by Gasteiger charge is -2.38. The number of carbonyl (C=O) groups is 4. The minimum absolute atomic E-state index is 0.0952. The van der Waals surface area contributed by atoms with Crippen LogP contribution in [0.25, 0.3) is 11.3 Å². The zero-order valence-electron chi connectivity index (χ0n) is 35.0. The number of hydrogen-bond donors (Lipinski definition) is 2. The van der Waals surface area contributed by atoms with Gasteiger partial charge in [-0.3, -0.25) is 34.1 Å². The highest BCUT2D eigenvalue weighted by Gasteiger charge is 2.45. The van der Waals surface area contributed by atoms with Gasteiger partial charge in [0.1, 0.15) is 18.0 Å². The highest BCUT2D eigenvalue weighted by atomic mass is 19.1. The number of rotatable bonds is 12. The van der Waals surface area contributed by atoms with E-state index >= 15 is 0 Å². The van der Waals surface area contributed by atoms with Gasteiger partial charge in [0.25, 0.3) is 11.8 Å². The maximum absolute atomic E-state index is 13.9. The van der Waals surface area contributed by atoms with Crippen LogP contribution < -0.4 is 20.7 Å². The Morgan fingerprint density at radius 2 is 1.65 bits per heavy atom. The normalized spacial score (nSPS) is 19.6. The van der Waals surface area contributed by atoms with Crippen molar-refractivity contribution in [3.8, 4) is 17.0 Å². The number of aromatic nitrogens is 5. The molecule has 4 aliphatic rings. The number of nitrogens with zero attached hydrogens (tertiary/aromatic N) is 8. The van der Waals surface area contributed by atoms with Crippen molar-refractivity contribution in [2.45, 2.75) is 77.6 Å². The summed E-state index contributed by atoms with van der Waals surface area (Å²) in [5.74, 6) is -0.469.